The van der Waals surface area contributed by atoms with Gasteiger partial charge in [-0.25, -0.2) is 0 Å². The van der Waals surface area contributed by atoms with Gasteiger partial charge in [0.05, 0.1) is 11.8 Å². The Labute approximate surface area is 210 Å². The lowest BCUT2D eigenvalue weighted by atomic mass is 9.59. The number of fused-ring (bicyclic) bond motifs is 2. The molecule has 2 amide bonds. The maximum atomic E-state index is 13.2. The van der Waals surface area contributed by atoms with E-state index in [1.54, 1.807) is 4.90 Å². The Morgan fingerprint density at radius 3 is 2.13 bits per heavy atom. The second-order valence-corrected chi connectivity index (χ2v) is 14.1. The fourth-order valence-corrected chi connectivity index (χ4v) is 10.2. The van der Waals surface area contributed by atoms with E-state index in [4.69, 9.17) is 0 Å². The molecule has 0 spiro atoms. The van der Waals surface area contributed by atoms with Crippen molar-refractivity contribution in [2.24, 2.45) is 23.7 Å². The fraction of sp³-hybridized carbons (Fsp3) is 0.905. The van der Waals surface area contributed by atoms with Gasteiger partial charge in [0.25, 0.3) is 0 Å². The number of carbonyl (C=O) groups excluding carboxylic acids is 2. The molecule has 3 saturated carbocycles. The molecule has 0 N–H and O–H groups in total. The Kier molecular flexibility index (Phi) is 11.9. The number of nitrogens with zero attached hydrogens (tertiary/aromatic N) is 1. The molecule has 2 bridgehead atoms. The number of hydrogen-bond acceptors (Lipinski definition) is 8. The van der Waals surface area contributed by atoms with E-state index in [9.17, 15) is 9.59 Å². The van der Waals surface area contributed by atoms with Gasteiger partial charge in [-0.1, -0.05) is 0 Å². The zero-order chi connectivity index (χ0) is 21.3. The minimum Gasteiger partial charge on any atom is -0.282 e. The molecule has 1 saturated heterocycles. The molecule has 1 heterocycles. The Morgan fingerprint density at radius 1 is 0.800 bits per heavy atom. The van der Waals surface area contributed by atoms with Gasteiger partial charge in [-0.3, -0.25) is 14.5 Å². The molecule has 30 heavy (non-hydrogen) atoms. The summed E-state index contributed by atoms with van der Waals surface area (Å²) >= 11 is 16.4. The molecule has 5 atom stereocenters. The summed E-state index contributed by atoms with van der Waals surface area (Å²) < 4.78 is 0. The van der Waals surface area contributed by atoms with Crippen LogP contribution in [0.5, 0.6) is 0 Å². The summed E-state index contributed by atoms with van der Waals surface area (Å²) in [7, 11) is 0. The lowest BCUT2D eigenvalue weighted by Gasteiger charge is -2.47. The highest BCUT2D eigenvalue weighted by Crippen LogP contribution is 2.55. The van der Waals surface area contributed by atoms with Crippen LogP contribution >= 0.6 is 72.3 Å². The molecule has 3 nitrogen and oxygen atoms in total. The van der Waals surface area contributed by atoms with E-state index in [0.717, 1.165) is 77.5 Å². The first-order valence-electron chi connectivity index (χ1n) is 11.1. The Balaban J connectivity index is 1.44. The van der Waals surface area contributed by atoms with Crippen molar-refractivity contribution in [1.82, 2.24) is 4.90 Å². The Bertz CT molecular complexity index is 566. The molecule has 0 aromatic carbocycles. The molecule has 3 aliphatic carbocycles. The van der Waals surface area contributed by atoms with Crippen LogP contribution in [0.3, 0.4) is 0 Å². The van der Waals surface area contributed by atoms with Crippen LogP contribution in [-0.4, -0.2) is 80.3 Å². The molecular weight excluding hydrogens is 491 g/mol. The average molecular weight is 526 g/mol. The number of imide groups is 1. The SMILES string of the molecule is O=C1C2C3CCC(C(SCCSCCS)C3)C2C(=O)N1CCCSCCSCCS. The average Bonchev–Trinajstić information content (AvgIpc) is 3.02. The van der Waals surface area contributed by atoms with Gasteiger partial charge in [0.2, 0.25) is 11.8 Å². The van der Waals surface area contributed by atoms with Crippen molar-refractivity contribution in [2.45, 2.75) is 30.9 Å². The number of carbonyl (C=O) groups is 2. The molecule has 9 heteroatoms. The van der Waals surface area contributed by atoms with Gasteiger partial charge in [0, 0.05) is 46.3 Å². The van der Waals surface area contributed by atoms with Gasteiger partial charge < -0.3 is 0 Å². The van der Waals surface area contributed by atoms with Crippen molar-refractivity contribution in [2.75, 3.05) is 58.3 Å². The topological polar surface area (TPSA) is 37.4 Å². The van der Waals surface area contributed by atoms with Gasteiger partial charge in [0.15, 0.2) is 0 Å². The quantitative estimate of drug-likeness (QED) is 0.185. The first kappa shape index (κ1) is 25.9. The lowest BCUT2D eigenvalue weighted by Crippen LogP contribution is -2.48. The predicted octanol–water partition coefficient (Wildman–Crippen LogP) is 4.57. The van der Waals surface area contributed by atoms with Gasteiger partial charge in [-0.2, -0.15) is 72.3 Å². The third-order valence-corrected chi connectivity index (χ3v) is 12.4. The van der Waals surface area contributed by atoms with E-state index in [1.165, 1.54) is 0 Å². The van der Waals surface area contributed by atoms with Crippen LogP contribution in [0.25, 0.3) is 0 Å². The summed E-state index contributed by atoms with van der Waals surface area (Å²) in [5.74, 6) is 10.9. The van der Waals surface area contributed by atoms with Crippen LogP contribution in [0, 0.1) is 23.7 Å². The van der Waals surface area contributed by atoms with Crippen LogP contribution in [0.2, 0.25) is 0 Å². The van der Waals surface area contributed by atoms with E-state index < -0.39 is 0 Å². The van der Waals surface area contributed by atoms with Crippen molar-refractivity contribution in [3.63, 3.8) is 0 Å². The first-order chi connectivity index (χ1) is 14.7. The predicted molar refractivity (Wildman–Crippen MR) is 145 cm³/mol. The van der Waals surface area contributed by atoms with E-state index in [-0.39, 0.29) is 23.7 Å². The fourth-order valence-electron chi connectivity index (χ4n) is 5.19. The number of hydrogen-bond donors (Lipinski definition) is 2. The third kappa shape index (κ3) is 6.64. The summed E-state index contributed by atoms with van der Waals surface area (Å²) in [6, 6.07) is 0. The Hall–Kier alpha value is 1.24. The van der Waals surface area contributed by atoms with Crippen molar-refractivity contribution in [1.29, 1.82) is 0 Å². The number of likely N-dealkylation sites (tertiary alicyclic amines) is 1. The Morgan fingerprint density at radius 2 is 1.43 bits per heavy atom. The zero-order valence-electron chi connectivity index (χ0n) is 17.6. The molecule has 0 aromatic rings. The third-order valence-electron chi connectivity index (χ3n) is 6.42. The van der Waals surface area contributed by atoms with Gasteiger partial charge in [0.1, 0.15) is 0 Å². The zero-order valence-corrected chi connectivity index (χ0v) is 22.6. The highest BCUT2D eigenvalue weighted by molar-refractivity contribution is 8.03. The number of thioether (sulfide) groups is 4. The number of thiol groups is 2. The second kappa shape index (κ2) is 13.8. The standard InChI is InChI=1S/C21H35NO2S6/c23-20-18-15-2-3-16(17(14-15)30-13-12-29-9-6-26)19(18)21(24)22(20)4-1-7-27-10-11-28-8-5-25/h15-19,25-26H,1-14H2. The molecule has 0 radical (unpaired) electrons. The van der Waals surface area contributed by atoms with Crippen molar-refractivity contribution >= 4 is 84.1 Å². The van der Waals surface area contributed by atoms with Crippen molar-refractivity contribution < 1.29 is 9.59 Å². The summed E-state index contributed by atoms with van der Waals surface area (Å²) in [5.41, 5.74) is 0. The van der Waals surface area contributed by atoms with E-state index >= 15 is 0 Å². The highest BCUT2D eigenvalue weighted by Gasteiger charge is 2.60. The molecule has 4 rings (SSSR count). The number of rotatable bonds is 15. The van der Waals surface area contributed by atoms with Gasteiger partial charge in [-0.05, 0) is 54.8 Å². The molecule has 4 fully saturated rings. The summed E-state index contributed by atoms with van der Waals surface area (Å²) in [4.78, 5) is 27.9. The minimum atomic E-state index is -0.0159. The van der Waals surface area contributed by atoms with E-state index in [2.05, 4.69) is 37.0 Å². The van der Waals surface area contributed by atoms with Crippen molar-refractivity contribution in [3.8, 4) is 0 Å². The molecular formula is C21H35NO2S6. The normalized spacial score (nSPS) is 30.3. The van der Waals surface area contributed by atoms with E-state index in [0.29, 0.717) is 23.6 Å². The molecule has 5 unspecified atom stereocenters. The van der Waals surface area contributed by atoms with Crippen LogP contribution in [0.1, 0.15) is 25.7 Å². The summed E-state index contributed by atoms with van der Waals surface area (Å²) in [5, 5.41) is 0.573. The molecule has 1 aliphatic heterocycles. The van der Waals surface area contributed by atoms with Crippen LogP contribution in [-0.2, 0) is 9.59 Å². The van der Waals surface area contributed by atoms with Crippen LogP contribution < -0.4 is 0 Å². The minimum absolute atomic E-state index is 0.00283. The maximum Gasteiger partial charge on any atom is 0.233 e. The molecule has 4 aliphatic rings. The highest BCUT2D eigenvalue weighted by atomic mass is 32.2. The molecule has 172 valence electrons. The largest absolute Gasteiger partial charge is 0.282 e. The maximum absolute atomic E-state index is 13.2. The first-order valence-corrected chi connectivity index (χ1v) is 16.9. The van der Waals surface area contributed by atoms with Crippen LogP contribution in [0.15, 0.2) is 0 Å². The van der Waals surface area contributed by atoms with Gasteiger partial charge in [-0.15, -0.1) is 0 Å². The lowest BCUT2D eigenvalue weighted by molar-refractivity contribution is -0.140. The molecule has 0 aromatic heterocycles. The monoisotopic (exact) mass is 525 g/mol. The smallest absolute Gasteiger partial charge is 0.233 e. The summed E-state index contributed by atoms with van der Waals surface area (Å²) in [6.07, 6.45) is 4.35. The van der Waals surface area contributed by atoms with Crippen LogP contribution in [0.4, 0.5) is 0 Å². The summed E-state index contributed by atoms with van der Waals surface area (Å²) in [6.45, 7) is 0.624. The van der Waals surface area contributed by atoms with Crippen molar-refractivity contribution in [3.05, 3.63) is 0 Å². The van der Waals surface area contributed by atoms with Gasteiger partial charge >= 0.3 is 0 Å². The second-order valence-electron chi connectivity index (χ2n) is 8.16. The van der Waals surface area contributed by atoms with E-state index in [1.807, 2.05) is 35.3 Å². The number of amides is 2.